The number of amides is 1. The third kappa shape index (κ3) is 4.65. The number of allylic oxidation sites excluding steroid dienone is 2. The molecule has 2 aromatic carbocycles. The maximum atomic E-state index is 14.2. The number of alkyl halides is 1. The van der Waals surface area contributed by atoms with Gasteiger partial charge in [-0.1, -0.05) is 22.0 Å². The Labute approximate surface area is 285 Å². The molecule has 252 valence electrons. The van der Waals surface area contributed by atoms with Crippen molar-refractivity contribution in [1.29, 1.82) is 0 Å². The van der Waals surface area contributed by atoms with Gasteiger partial charge in [0, 0.05) is 31.3 Å². The summed E-state index contributed by atoms with van der Waals surface area (Å²) in [7, 11) is 3.11. The number of phenols is 3. The van der Waals surface area contributed by atoms with Crippen molar-refractivity contribution in [2.24, 2.45) is 5.10 Å². The highest BCUT2D eigenvalue weighted by atomic mass is 79.9. The average Bonchev–Trinajstić information content (AvgIpc) is 3.54. The number of carbonyl (C=O) groups is 5. The molecular weight excluding hydrogens is 706 g/mol. The molecule has 16 heteroatoms. The van der Waals surface area contributed by atoms with Gasteiger partial charge in [-0.3, -0.25) is 38.6 Å². The molecule has 1 aromatic heterocycles. The molecule has 1 saturated heterocycles. The summed E-state index contributed by atoms with van der Waals surface area (Å²) in [4.78, 5) is 86.7. The summed E-state index contributed by atoms with van der Waals surface area (Å²) in [5.74, 6) is -7.20. The first-order valence-electron chi connectivity index (χ1n) is 15.2. The number of phenolic OH excluding ortho intramolecular Hbond substituents is 3. The van der Waals surface area contributed by atoms with Crippen LogP contribution in [0.3, 0.4) is 0 Å². The van der Waals surface area contributed by atoms with Gasteiger partial charge in [0.05, 0.1) is 58.2 Å². The number of aromatic hydroxyl groups is 3. The van der Waals surface area contributed by atoms with Crippen molar-refractivity contribution in [3.63, 3.8) is 0 Å². The fourth-order valence-corrected chi connectivity index (χ4v) is 7.88. The fraction of sp³-hybridized carbons (Fsp3) is 0.303. The van der Waals surface area contributed by atoms with Crippen LogP contribution >= 0.6 is 15.9 Å². The lowest BCUT2D eigenvalue weighted by Crippen LogP contribution is -2.51. The van der Waals surface area contributed by atoms with Crippen molar-refractivity contribution in [3.8, 4) is 17.2 Å². The monoisotopic (exact) mass is 733 g/mol. The summed E-state index contributed by atoms with van der Waals surface area (Å²) in [6, 6.07) is 3.05. The minimum absolute atomic E-state index is 0.0899. The Morgan fingerprint density at radius 1 is 1.06 bits per heavy atom. The number of Topliss-reactive ketones (excluding diaryl/α,β-unsaturated/α-hetero) is 3. The van der Waals surface area contributed by atoms with Gasteiger partial charge < -0.3 is 25.0 Å². The van der Waals surface area contributed by atoms with Gasteiger partial charge in [0.15, 0.2) is 23.1 Å². The van der Waals surface area contributed by atoms with Crippen LogP contribution in [0.4, 0.5) is 0 Å². The number of hydrogen-bond donors (Lipinski definition) is 5. The fourth-order valence-electron chi connectivity index (χ4n) is 7.27. The van der Waals surface area contributed by atoms with Gasteiger partial charge >= 0.3 is 0 Å². The zero-order valence-corrected chi connectivity index (χ0v) is 27.6. The zero-order valence-electron chi connectivity index (χ0n) is 26.0. The molecule has 2 atom stereocenters. The van der Waals surface area contributed by atoms with E-state index in [2.05, 4.69) is 36.3 Å². The summed E-state index contributed by atoms with van der Waals surface area (Å²) < 4.78 is 4.92. The number of ether oxygens (including phenoxy) is 1. The van der Waals surface area contributed by atoms with E-state index < -0.39 is 79.4 Å². The van der Waals surface area contributed by atoms with Gasteiger partial charge in [-0.05, 0) is 36.9 Å². The molecule has 49 heavy (non-hydrogen) atoms. The quantitative estimate of drug-likeness (QED) is 0.0625. The number of aryl methyl sites for hydroxylation is 1. The SMILES string of the molecule is COC1=CC(=O)c2c(O)c3c(c(O)c2C1=O)C(=O)[C@]1(CCc2cc4cc(C=NNC(=O)CN5CCN(C)C(Br)C5)[nH]c(=O)c4c(O)c21)C3=O. The second-order valence-corrected chi connectivity index (χ2v) is 13.4. The zero-order chi connectivity index (χ0) is 35.1. The van der Waals surface area contributed by atoms with E-state index in [1.807, 2.05) is 11.9 Å². The molecule has 0 radical (unpaired) electrons. The number of pyridine rings is 1. The summed E-state index contributed by atoms with van der Waals surface area (Å²) >= 11 is 3.56. The number of hydrazone groups is 1. The Hall–Kier alpha value is -5.19. The topological polar surface area (TPSA) is 219 Å². The normalized spacial score (nSPS) is 22.2. The van der Waals surface area contributed by atoms with Crippen molar-refractivity contribution in [3.05, 3.63) is 73.4 Å². The number of hydrogen-bond acceptors (Lipinski definition) is 13. The number of halogens is 1. The van der Waals surface area contributed by atoms with Gasteiger partial charge in [0.25, 0.3) is 11.5 Å². The number of H-pyrrole nitrogens is 1. The summed E-state index contributed by atoms with van der Waals surface area (Å²) in [5.41, 5.74) is -2.71. The minimum Gasteiger partial charge on any atom is -0.507 e. The first-order chi connectivity index (χ1) is 23.3. The maximum Gasteiger partial charge on any atom is 0.260 e. The van der Waals surface area contributed by atoms with Crippen molar-refractivity contribution in [2.45, 2.75) is 23.2 Å². The van der Waals surface area contributed by atoms with Gasteiger partial charge in [-0.25, -0.2) is 5.43 Å². The third-order valence-corrected chi connectivity index (χ3v) is 10.7. The molecule has 0 bridgehead atoms. The molecule has 7 rings (SSSR count). The Morgan fingerprint density at radius 2 is 1.76 bits per heavy atom. The van der Waals surface area contributed by atoms with Gasteiger partial charge in [-0.2, -0.15) is 5.10 Å². The number of likely N-dealkylation sites (N-methyl/N-ethyl adjacent to an activating group) is 1. The van der Waals surface area contributed by atoms with Crippen LogP contribution in [-0.2, 0) is 21.4 Å². The number of aromatic amines is 1. The molecule has 15 nitrogen and oxygen atoms in total. The average molecular weight is 735 g/mol. The molecule has 2 heterocycles. The van der Waals surface area contributed by atoms with Crippen LogP contribution in [0, 0.1) is 0 Å². The molecule has 1 amide bonds. The molecule has 1 spiro atoms. The molecule has 1 fully saturated rings. The van der Waals surface area contributed by atoms with Gasteiger partial charge in [-0.15, -0.1) is 0 Å². The Morgan fingerprint density at radius 3 is 2.43 bits per heavy atom. The van der Waals surface area contributed by atoms with Crippen LogP contribution in [-0.4, -0.2) is 111 Å². The largest absolute Gasteiger partial charge is 0.507 e. The van der Waals surface area contributed by atoms with E-state index in [1.165, 1.54) is 12.3 Å². The second kappa shape index (κ2) is 11.5. The highest BCUT2D eigenvalue weighted by Gasteiger charge is 2.61. The number of nitrogens with zero attached hydrogens (tertiary/aromatic N) is 3. The van der Waals surface area contributed by atoms with E-state index in [0.29, 0.717) is 18.7 Å². The molecular formula is C33H28BrN5O10. The van der Waals surface area contributed by atoms with Crippen LogP contribution in [0.1, 0.15) is 64.7 Å². The number of fused-ring (bicyclic) bond motifs is 5. The third-order valence-electron chi connectivity index (χ3n) is 9.68. The Kier molecular flexibility index (Phi) is 7.57. The summed E-state index contributed by atoms with van der Waals surface area (Å²) in [6.07, 6.45) is 1.95. The van der Waals surface area contributed by atoms with Crippen LogP contribution in [0.2, 0.25) is 0 Å². The standard InChI is InChI=1S/C33H28BrN5O10/c1-38-5-6-39(11-18(38)34)12-19(41)37-35-10-15-8-14-7-13-3-4-33(25(13)29(45)20(14)32(48)36-15)30(46)23-24(31(33)47)28(44)22-21(27(23)43)16(40)9-17(49-2)26(22)42/h7-10,18,43-45H,3-6,11-12H2,1-2H3,(H,36,48)(H,37,41)/t18?,33-/m0/s1. The Bertz CT molecular complexity index is 2210. The van der Waals surface area contributed by atoms with E-state index in [1.54, 1.807) is 6.07 Å². The highest BCUT2D eigenvalue weighted by Crippen LogP contribution is 2.57. The molecule has 1 aliphatic heterocycles. The predicted octanol–water partition coefficient (Wildman–Crippen LogP) is 1.24. The van der Waals surface area contributed by atoms with Crippen LogP contribution in [0.5, 0.6) is 17.2 Å². The molecule has 3 aliphatic carbocycles. The molecule has 4 aliphatic rings. The molecule has 1 unspecified atom stereocenters. The van der Waals surface area contributed by atoms with Crippen LogP contribution in [0.25, 0.3) is 10.8 Å². The lowest BCUT2D eigenvalue weighted by Gasteiger charge is -2.35. The van der Waals surface area contributed by atoms with Crippen LogP contribution in [0.15, 0.2) is 33.9 Å². The number of rotatable bonds is 5. The number of nitrogens with one attached hydrogen (secondary N) is 2. The Balaban J connectivity index is 1.22. The minimum atomic E-state index is -2.14. The van der Waals surface area contributed by atoms with Crippen molar-refractivity contribution in [2.75, 3.05) is 40.3 Å². The van der Waals surface area contributed by atoms with Crippen molar-refractivity contribution >= 4 is 62.0 Å². The summed E-state index contributed by atoms with van der Waals surface area (Å²) in [5, 5.41) is 37.8. The number of methoxy groups -OCH3 is 1. The van der Waals surface area contributed by atoms with E-state index in [0.717, 1.165) is 19.7 Å². The molecule has 0 saturated carbocycles. The molecule has 3 aromatic rings. The lowest BCUT2D eigenvalue weighted by atomic mass is 9.76. The number of carbonyl (C=O) groups excluding carboxylic acids is 5. The number of piperazine rings is 1. The first kappa shape index (κ1) is 32.4. The number of ketones is 4. The first-order valence-corrected chi connectivity index (χ1v) is 16.1. The van der Waals surface area contributed by atoms with E-state index in [9.17, 15) is 44.1 Å². The summed E-state index contributed by atoms with van der Waals surface area (Å²) in [6.45, 7) is 2.28. The van der Waals surface area contributed by atoms with Gasteiger partial charge in [0.1, 0.15) is 22.7 Å². The van der Waals surface area contributed by atoms with E-state index >= 15 is 0 Å². The van der Waals surface area contributed by atoms with Crippen molar-refractivity contribution < 1.29 is 44.0 Å². The van der Waals surface area contributed by atoms with E-state index in [-0.39, 0.29) is 52.3 Å². The predicted molar refractivity (Wildman–Crippen MR) is 176 cm³/mol. The van der Waals surface area contributed by atoms with Crippen LogP contribution < -0.4 is 11.0 Å². The number of aromatic nitrogens is 1. The smallest absolute Gasteiger partial charge is 0.260 e. The second-order valence-electron chi connectivity index (χ2n) is 12.4. The van der Waals surface area contributed by atoms with E-state index in [4.69, 9.17) is 4.74 Å². The van der Waals surface area contributed by atoms with Gasteiger partial charge in [0.2, 0.25) is 5.78 Å². The highest BCUT2D eigenvalue weighted by molar-refractivity contribution is 9.09. The molecule has 5 N–H and O–H groups in total. The van der Waals surface area contributed by atoms with Crippen molar-refractivity contribution in [1.82, 2.24) is 20.2 Å². The maximum absolute atomic E-state index is 14.2. The lowest BCUT2D eigenvalue weighted by molar-refractivity contribution is -0.122. The number of benzene rings is 2.